The summed E-state index contributed by atoms with van der Waals surface area (Å²) < 4.78 is 0. The van der Waals surface area contributed by atoms with E-state index in [-0.39, 0.29) is 0 Å². The van der Waals surface area contributed by atoms with Crippen LogP contribution in [-0.2, 0) is 0 Å². The van der Waals surface area contributed by atoms with Crippen molar-refractivity contribution in [2.45, 2.75) is 57.0 Å². The third-order valence-corrected chi connectivity index (χ3v) is 3.51. The van der Waals surface area contributed by atoms with Gasteiger partial charge in [0.1, 0.15) is 0 Å². The molecule has 0 spiro atoms. The first-order valence-corrected chi connectivity index (χ1v) is 7.19. The Morgan fingerprint density at radius 3 is 2.82 bits per heavy atom. The van der Waals surface area contributed by atoms with Crippen LogP contribution in [0.4, 0.5) is 0 Å². The van der Waals surface area contributed by atoms with E-state index in [4.69, 9.17) is 0 Å². The molecule has 3 nitrogen and oxygen atoms in total. The van der Waals surface area contributed by atoms with E-state index in [0.29, 0.717) is 11.3 Å². The summed E-state index contributed by atoms with van der Waals surface area (Å²) >= 11 is 1.76. The van der Waals surface area contributed by atoms with Crippen LogP contribution in [0.25, 0.3) is 0 Å². The summed E-state index contributed by atoms with van der Waals surface area (Å²) in [6.07, 6.45) is 4.16. The highest BCUT2D eigenvalue weighted by atomic mass is 32.2. The molecular weight excluding hydrogens is 230 g/mol. The monoisotopic (exact) mass is 253 g/mol. The highest BCUT2D eigenvalue weighted by molar-refractivity contribution is 7.99. The second-order valence-corrected chi connectivity index (χ2v) is 5.91. The minimum Gasteiger partial charge on any atom is -0.314 e. The third-order valence-electron chi connectivity index (χ3n) is 2.51. The van der Waals surface area contributed by atoms with Gasteiger partial charge < -0.3 is 5.32 Å². The van der Waals surface area contributed by atoms with Gasteiger partial charge in [0.2, 0.25) is 0 Å². The van der Waals surface area contributed by atoms with Gasteiger partial charge in [-0.25, -0.2) is 9.97 Å². The molecule has 1 N–H and O–H groups in total. The van der Waals surface area contributed by atoms with Crippen LogP contribution < -0.4 is 5.32 Å². The number of nitrogens with zero attached hydrogens (tertiary/aromatic N) is 2. The molecule has 0 saturated carbocycles. The number of hydrogen-bond donors (Lipinski definition) is 1. The fourth-order valence-electron chi connectivity index (χ4n) is 1.68. The van der Waals surface area contributed by atoms with Crippen molar-refractivity contribution in [3.05, 3.63) is 18.0 Å². The van der Waals surface area contributed by atoms with Gasteiger partial charge >= 0.3 is 0 Å². The van der Waals surface area contributed by atoms with Crippen molar-refractivity contribution in [2.75, 3.05) is 6.54 Å². The molecule has 0 fully saturated rings. The smallest absolute Gasteiger partial charge is 0.187 e. The molecule has 0 aliphatic heterocycles. The maximum Gasteiger partial charge on any atom is 0.187 e. The predicted molar refractivity (Wildman–Crippen MR) is 74.5 cm³/mol. The Hall–Kier alpha value is -0.610. The first-order chi connectivity index (χ1) is 8.11. The third kappa shape index (κ3) is 6.03. The molecule has 0 saturated heterocycles. The lowest BCUT2D eigenvalue weighted by Gasteiger charge is -2.17. The lowest BCUT2D eigenvalue weighted by molar-refractivity contribution is 0.513. The van der Waals surface area contributed by atoms with E-state index in [9.17, 15) is 0 Å². The van der Waals surface area contributed by atoms with Crippen LogP contribution in [-0.4, -0.2) is 27.8 Å². The number of aromatic nitrogens is 2. The number of rotatable bonds is 7. The summed E-state index contributed by atoms with van der Waals surface area (Å²) in [4.78, 5) is 8.69. The van der Waals surface area contributed by atoms with Crippen LogP contribution in [0.5, 0.6) is 0 Å². The van der Waals surface area contributed by atoms with Gasteiger partial charge in [0.15, 0.2) is 5.16 Å². The zero-order valence-corrected chi connectivity index (χ0v) is 12.0. The molecule has 17 heavy (non-hydrogen) atoms. The molecule has 0 aliphatic carbocycles. The summed E-state index contributed by atoms with van der Waals surface area (Å²) in [6.45, 7) is 9.77. The largest absolute Gasteiger partial charge is 0.314 e. The lowest BCUT2D eigenvalue weighted by atomic mass is 10.2. The van der Waals surface area contributed by atoms with Crippen LogP contribution in [0.2, 0.25) is 0 Å². The van der Waals surface area contributed by atoms with Crippen molar-refractivity contribution in [3.8, 4) is 0 Å². The van der Waals surface area contributed by atoms with Crippen molar-refractivity contribution >= 4 is 11.8 Å². The summed E-state index contributed by atoms with van der Waals surface area (Å²) in [5, 5.41) is 4.93. The molecule has 0 bridgehead atoms. The van der Waals surface area contributed by atoms with Gasteiger partial charge in [0.25, 0.3) is 0 Å². The molecule has 0 aromatic carbocycles. The van der Waals surface area contributed by atoms with Gasteiger partial charge in [0.05, 0.1) is 0 Å². The summed E-state index contributed by atoms with van der Waals surface area (Å²) in [5.41, 5.74) is 1.03. The van der Waals surface area contributed by atoms with Crippen LogP contribution in [0.3, 0.4) is 0 Å². The fraction of sp³-hybridized carbons (Fsp3) is 0.692. The molecule has 1 heterocycles. The van der Waals surface area contributed by atoms with Crippen LogP contribution >= 0.6 is 11.8 Å². The minimum absolute atomic E-state index is 0.538. The van der Waals surface area contributed by atoms with E-state index < -0.39 is 0 Å². The highest BCUT2D eigenvalue weighted by Gasteiger charge is 2.10. The maximum absolute atomic E-state index is 4.41. The predicted octanol–water partition coefficient (Wildman–Crippen LogP) is 3.04. The average Bonchev–Trinajstić information content (AvgIpc) is 2.26. The zero-order valence-electron chi connectivity index (χ0n) is 11.2. The van der Waals surface area contributed by atoms with Crippen LogP contribution in [0, 0.1) is 6.92 Å². The van der Waals surface area contributed by atoms with E-state index in [2.05, 4.69) is 36.1 Å². The number of aryl methyl sites for hydroxylation is 1. The van der Waals surface area contributed by atoms with Crippen molar-refractivity contribution < 1.29 is 0 Å². The summed E-state index contributed by atoms with van der Waals surface area (Å²) in [6, 6.07) is 2.49. The van der Waals surface area contributed by atoms with Crippen molar-refractivity contribution in [3.63, 3.8) is 0 Å². The fourth-order valence-corrected chi connectivity index (χ4v) is 2.75. The minimum atomic E-state index is 0.538. The molecule has 1 aromatic rings. The highest BCUT2D eigenvalue weighted by Crippen LogP contribution is 2.22. The number of nitrogens with one attached hydrogen (secondary N) is 1. The Bertz CT molecular complexity index is 330. The van der Waals surface area contributed by atoms with Gasteiger partial charge in [-0.05, 0) is 39.3 Å². The molecular formula is C13H23N3S. The first-order valence-electron chi connectivity index (χ1n) is 6.31. The Labute approximate surface area is 109 Å². The van der Waals surface area contributed by atoms with E-state index in [0.717, 1.165) is 23.8 Å². The Balaban J connectivity index is 2.36. The molecule has 96 valence electrons. The van der Waals surface area contributed by atoms with Gasteiger partial charge in [-0.15, -0.1) is 0 Å². The number of hydrogen-bond acceptors (Lipinski definition) is 4. The van der Waals surface area contributed by atoms with Gasteiger partial charge in [0, 0.05) is 23.2 Å². The standard InChI is InChI=1S/C13H23N3S/c1-5-7-14-11(3)9-12(4)17-13-15-8-6-10(2)16-13/h6,8,11-12,14H,5,7,9H2,1-4H3. The average molecular weight is 253 g/mol. The van der Waals surface area contributed by atoms with Gasteiger partial charge in [-0.1, -0.05) is 25.6 Å². The van der Waals surface area contributed by atoms with Gasteiger partial charge in [-0.2, -0.15) is 0 Å². The van der Waals surface area contributed by atoms with E-state index in [1.54, 1.807) is 11.8 Å². The molecule has 2 atom stereocenters. The normalized spacial score (nSPS) is 14.6. The lowest BCUT2D eigenvalue weighted by Crippen LogP contribution is -2.29. The Kier molecular flexibility index (Phi) is 6.52. The van der Waals surface area contributed by atoms with Crippen LogP contribution in [0.15, 0.2) is 17.4 Å². The second-order valence-electron chi connectivity index (χ2n) is 4.50. The van der Waals surface area contributed by atoms with Crippen molar-refractivity contribution in [1.82, 2.24) is 15.3 Å². The molecule has 1 aromatic heterocycles. The van der Waals surface area contributed by atoms with Crippen molar-refractivity contribution in [2.24, 2.45) is 0 Å². The molecule has 4 heteroatoms. The van der Waals surface area contributed by atoms with E-state index >= 15 is 0 Å². The Morgan fingerprint density at radius 1 is 1.41 bits per heavy atom. The van der Waals surface area contributed by atoms with Crippen molar-refractivity contribution in [1.29, 1.82) is 0 Å². The molecule has 0 radical (unpaired) electrons. The summed E-state index contributed by atoms with van der Waals surface area (Å²) in [7, 11) is 0. The topological polar surface area (TPSA) is 37.8 Å². The molecule has 2 unspecified atom stereocenters. The number of thioether (sulfide) groups is 1. The van der Waals surface area contributed by atoms with Gasteiger partial charge in [-0.3, -0.25) is 0 Å². The molecule has 0 amide bonds. The van der Waals surface area contributed by atoms with E-state index in [1.807, 2.05) is 19.2 Å². The first kappa shape index (κ1) is 14.5. The maximum atomic E-state index is 4.41. The summed E-state index contributed by atoms with van der Waals surface area (Å²) in [5.74, 6) is 0. The quantitative estimate of drug-likeness (QED) is 0.599. The second kappa shape index (κ2) is 7.67. The van der Waals surface area contributed by atoms with Crippen LogP contribution in [0.1, 0.15) is 39.3 Å². The molecule has 1 rings (SSSR count). The zero-order chi connectivity index (χ0) is 12.7. The van der Waals surface area contributed by atoms with E-state index in [1.165, 1.54) is 6.42 Å². The molecule has 0 aliphatic rings. The SMILES string of the molecule is CCCNC(C)CC(C)Sc1nccc(C)n1. The Morgan fingerprint density at radius 2 is 2.18 bits per heavy atom.